The van der Waals surface area contributed by atoms with Gasteiger partial charge in [0.15, 0.2) is 0 Å². The van der Waals surface area contributed by atoms with Crippen molar-refractivity contribution in [1.82, 2.24) is 25.8 Å². The number of rotatable bonds is 40. The van der Waals surface area contributed by atoms with Gasteiger partial charge in [0.2, 0.25) is 23.6 Å². The van der Waals surface area contributed by atoms with Crippen LogP contribution in [0.25, 0.3) is 0 Å². The summed E-state index contributed by atoms with van der Waals surface area (Å²) >= 11 is 0. The second-order valence-electron chi connectivity index (χ2n) is 26.8. The van der Waals surface area contributed by atoms with Crippen molar-refractivity contribution in [3.8, 4) is 0 Å². The topological polar surface area (TPSA) is 315 Å². The molecule has 532 valence electrons. The Labute approximate surface area is 564 Å². The van der Waals surface area contributed by atoms with Crippen molar-refractivity contribution in [2.75, 3.05) is 92.2 Å². The number of carbonyl (C=O) groups excluding carboxylic acids is 7. The van der Waals surface area contributed by atoms with Crippen LogP contribution in [0.5, 0.6) is 0 Å². The predicted octanol–water partition coefficient (Wildman–Crippen LogP) is 10.7. The van der Waals surface area contributed by atoms with Crippen molar-refractivity contribution >= 4 is 47.8 Å². The van der Waals surface area contributed by atoms with Crippen LogP contribution in [0.1, 0.15) is 218 Å². The van der Waals surface area contributed by atoms with Crippen LogP contribution in [0.4, 0.5) is 15.3 Å². The first-order valence-electron chi connectivity index (χ1n) is 34.3. The fraction of sp³-hybridized carbons (Fsp3) is 0.658. The molecule has 0 spiro atoms. The smallest absolute Gasteiger partial charge is 0.407 e. The summed E-state index contributed by atoms with van der Waals surface area (Å²) in [7, 11) is 5.86. The van der Waals surface area contributed by atoms with E-state index in [9.17, 15) is 33.6 Å². The Morgan fingerprint density at radius 3 is 1.67 bits per heavy atom. The van der Waals surface area contributed by atoms with Crippen LogP contribution in [-0.2, 0) is 48.3 Å². The summed E-state index contributed by atoms with van der Waals surface area (Å²) in [6.07, 6.45) is 26.4. The van der Waals surface area contributed by atoms with E-state index in [2.05, 4.69) is 88.2 Å². The maximum absolute atomic E-state index is 13.7. The lowest BCUT2D eigenvalue weighted by Crippen LogP contribution is -2.36. The number of ether oxygens (including phenoxy) is 4. The molecular weight excluding hydrogens is 1190 g/mol. The van der Waals surface area contributed by atoms with E-state index in [-0.39, 0.29) is 53.8 Å². The molecule has 4 unspecified atom stereocenters. The van der Waals surface area contributed by atoms with Gasteiger partial charge in [0.25, 0.3) is 0 Å². The Balaban J connectivity index is 0.000000955. The molecule has 2 aromatic carbocycles. The molecule has 1 aliphatic heterocycles. The lowest BCUT2D eigenvalue weighted by Gasteiger charge is -2.42. The van der Waals surface area contributed by atoms with Gasteiger partial charge in [-0.2, -0.15) is 0 Å². The van der Waals surface area contributed by atoms with Crippen molar-refractivity contribution in [1.29, 1.82) is 0 Å². The van der Waals surface area contributed by atoms with Gasteiger partial charge in [-0.15, -0.1) is 0 Å². The van der Waals surface area contributed by atoms with Crippen LogP contribution in [-0.4, -0.2) is 162 Å². The summed E-state index contributed by atoms with van der Waals surface area (Å²) in [6.45, 7) is 25.5. The normalized spacial score (nSPS) is 16.4. The van der Waals surface area contributed by atoms with Crippen LogP contribution in [0.2, 0.25) is 0 Å². The fourth-order valence-corrected chi connectivity index (χ4v) is 10.4. The predicted molar refractivity (Wildman–Crippen MR) is 379 cm³/mol. The third-order valence-electron chi connectivity index (χ3n) is 15.4. The quantitative estimate of drug-likeness (QED) is 0.0175. The molecule has 0 saturated carbocycles. The molecular formula is C73H124N10O11. The lowest BCUT2D eigenvalue weighted by atomic mass is 9.61. The summed E-state index contributed by atoms with van der Waals surface area (Å²) in [6, 6.07) is 15.0. The molecule has 1 aliphatic carbocycles. The minimum Gasteiger partial charge on any atom is -0.444 e. The summed E-state index contributed by atoms with van der Waals surface area (Å²) in [4.78, 5) is 84.7. The second kappa shape index (κ2) is 49.1. The molecule has 21 nitrogen and oxygen atoms in total. The highest BCUT2D eigenvalue weighted by Crippen LogP contribution is 2.51. The Hall–Kier alpha value is -6.49. The maximum Gasteiger partial charge on any atom is 0.407 e. The van der Waals surface area contributed by atoms with E-state index in [4.69, 9.17) is 41.9 Å². The number of allylic oxidation sites excluding steroid dienone is 5. The molecule has 4 rings (SSSR count). The van der Waals surface area contributed by atoms with Crippen molar-refractivity contribution in [2.45, 2.75) is 225 Å². The van der Waals surface area contributed by atoms with Gasteiger partial charge in [-0.1, -0.05) is 131 Å². The molecule has 0 aromatic heterocycles. The molecule has 1 heterocycles. The van der Waals surface area contributed by atoms with Gasteiger partial charge in [-0.25, -0.2) is 9.59 Å². The van der Waals surface area contributed by atoms with Crippen molar-refractivity contribution < 1.29 is 52.5 Å². The van der Waals surface area contributed by atoms with Crippen molar-refractivity contribution in [3.63, 3.8) is 0 Å². The molecule has 0 radical (unpaired) electrons. The number of unbranched alkanes of at least 4 members (excludes halogenated alkanes) is 12. The van der Waals surface area contributed by atoms with Crippen LogP contribution in [0, 0.1) is 0 Å². The van der Waals surface area contributed by atoms with Gasteiger partial charge in [-0.05, 0) is 155 Å². The molecule has 21 heteroatoms. The molecule has 6 amide bonds. The molecule has 94 heavy (non-hydrogen) atoms. The Morgan fingerprint density at radius 2 is 1.18 bits per heavy atom. The maximum atomic E-state index is 13.7. The Morgan fingerprint density at radius 1 is 0.670 bits per heavy atom. The number of alkyl carbamates (subject to hydrolysis) is 2. The van der Waals surface area contributed by atoms with Crippen LogP contribution in [0.15, 0.2) is 78.9 Å². The van der Waals surface area contributed by atoms with E-state index >= 15 is 0 Å². The van der Waals surface area contributed by atoms with E-state index in [0.29, 0.717) is 78.2 Å². The van der Waals surface area contributed by atoms with Gasteiger partial charge in [-0.3, -0.25) is 19.2 Å². The first-order valence-corrected chi connectivity index (χ1v) is 34.3. The summed E-state index contributed by atoms with van der Waals surface area (Å²) < 4.78 is 21.8. The van der Waals surface area contributed by atoms with Gasteiger partial charge in [0, 0.05) is 88.5 Å². The number of fused-ring (bicyclic) bond motifs is 2. The van der Waals surface area contributed by atoms with E-state index in [1.807, 2.05) is 87.8 Å². The van der Waals surface area contributed by atoms with Gasteiger partial charge in [0.05, 0.1) is 32.5 Å². The third kappa shape index (κ3) is 41.4. The number of anilines is 1. The second-order valence-corrected chi connectivity index (χ2v) is 26.8. The number of hydrogen-bond acceptors (Lipinski definition) is 15. The van der Waals surface area contributed by atoms with Crippen LogP contribution < -0.4 is 44.2 Å². The molecule has 12 N–H and O–H groups in total. The van der Waals surface area contributed by atoms with Crippen LogP contribution >= 0.6 is 0 Å². The SMILES string of the molecule is C=C(C)/C=C\C=C/C1(CCC(=O)N(C)CCOCCOCCN(C)C)c2ccccc2C(C)c2ccc(NC(=O)CCCCCCCNC(=O)OC(C)(C)C)cc21.CC(C)(C)OC(=O)NCCCCCCCC(N)=O.NC1CNC(C=O)C1.NCCCCCCCC(N)=O. The number of hydrogen-bond donors (Lipinski definition) is 8. The number of nitrogens with two attached hydrogens (primary N) is 4. The minimum absolute atomic E-state index is 0.0181. The number of benzene rings is 2. The summed E-state index contributed by atoms with van der Waals surface area (Å²) in [5.74, 6) is -0.261. The monoisotopic (exact) mass is 1320 g/mol. The van der Waals surface area contributed by atoms with Crippen molar-refractivity contribution in [2.24, 2.45) is 22.9 Å². The highest BCUT2D eigenvalue weighted by atomic mass is 16.6. The number of carbonyl (C=O) groups is 7. The molecule has 4 atom stereocenters. The number of likely N-dealkylation sites (N-methyl/N-ethyl adjacent to an activating group) is 2. The van der Waals surface area contributed by atoms with Gasteiger partial charge in [0.1, 0.15) is 17.5 Å². The highest BCUT2D eigenvalue weighted by molar-refractivity contribution is 5.91. The van der Waals surface area contributed by atoms with Gasteiger partial charge >= 0.3 is 12.2 Å². The zero-order valence-electron chi connectivity index (χ0n) is 59.5. The minimum atomic E-state index is -0.617. The lowest BCUT2D eigenvalue weighted by molar-refractivity contribution is -0.131. The van der Waals surface area contributed by atoms with Gasteiger partial charge < -0.3 is 77.7 Å². The molecule has 2 aromatic rings. The standard InChI is InChI=1S/C47H70N4O6.C13H26N2O3.C8H18N2O.C5H10N2O/c1-36(2)19-16-17-26-47(27-25-44(53)51(9)30-32-56-34-33-55-31-29-50(7)8)41-21-15-14-20-39(41)37(3)40-24-23-38(35-42(40)47)49-43(52)22-13-11-10-12-18-28-48-45(54)57-46(4,5)6;1-13(2,3)18-12(17)15-10-8-6-4-5-7-9-11(14)16;9-7-5-3-1-2-4-6-8(10)11;6-4-1-5(3-8)7-2-4/h14-17,19-21,23-24,26,35,37H,1,10-13,18,22,25,27-34H2,2-9H3,(H,48,54)(H,49,52);4-10H2,1-3H3,(H2,14,16)(H,15,17);1-7,9H2,(H2,10,11);3-5,7H,1-2,6H2/b19-16-,26-17-;;;. The number of aldehydes is 1. The highest BCUT2D eigenvalue weighted by Gasteiger charge is 2.41. The Bertz CT molecular complexity index is 2580. The van der Waals surface area contributed by atoms with E-state index in [1.54, 1.807) is 4.90 Å². The molecule has 2 aliphatic rings. The number of nitrogens with one attached hydrogen (secondary N) is 4. The van der Waals surface area contributed by atoms with Crippen molar-refractivity contribution in [3.05, 3.63) is 101 Å². The number of primary amides is 2. The number of amides is 6. The largest absolute Gasteiger partial charge is 0.444 e. The zero-order valence-corrected chi connectivity index (χ0v) is 59.5. The van der Waals surface area contributed by atoms with Crippen LogP contribution in [0.3, 0.4) is 0 Å². The molecule has 1 saturated heterocycles. The summed E-state index contributed by atoms with van der Waals surface area (Å²) in [5.41, 5.74) is 25.6. The average Bonchev–Trinajstić information content (AvgIpc) is 0.777. The van der Waals surface area contributed by atoms with E-state index in [1.165, 1.54) is 29.5 Å². The molecule has 0 bridgehead atoms. The molecule has 1 fully saturated rings. The third-order valence-corrected chi connectivity index (χ3v) is 15.4. The average molecular weight is 1320 g/mol. The Kier molecular flexibility index (Phi) is 44.7. The first-order chi connectivity index (χ1) is 44.5. The first kappa shape index (κ1) is 85.5. The van der Waals surface area contributed by atoms with E-state index in [0.717, 1.165) is 133 Å². The zero-order chi connectivity index (χ0) is 70.4. The fourth-order valence-electron chi connectivity index (χ4n) is 10.4. The summed E-state index contributed by atoms with van der Waals surface area (Å²) in [5, 5.41) is 11.7. The number of nitrogens with zero attached hydrogens (tertiary/aromatic N) is 2. The van der Waals surface area contributed by atoms with E-state index < -0.39 is 16.6 Å².